The summed E-state index contributed by atoms with van der Waals surface area (Å²) < 4.78 is 28.8. The number of halogens is 1. The zero-order chi connectivity index (χ0) is 17.1. The molecule has 8 heteroatoms. The Labute approximate surface area is 162 Å². The summed E-state index contributed by atoms with van der Waals surface area (Å²) in [7, 11) is -1.31. The van der Waals surface area contributed by atoms with E-state index in [2.05, 4.69) is 22.5 Å². The van der Waals surface area contributed by atoms with Crippen molar-refractivity contribution >= 4 is 39.8 Å². The SMILES string of the molecule is CCC(CNC(=NC)NCCS(=O)(=O)CC)Oc1ccccc1.I. The van der Waals surface area contributed by atoms with Crippen molar-refractivity contribution in [2.24, 2.45) is 4.99 Å². The number of benzene rings is 1. The maximum absolute atomic E-state index is 11.5. The molecule has 0 radical (unpaired) electrons. The zero-order valence-corrected chi connectivity index (χ0v) is 17.6. The molecule has 1 aromatic carbocycles. The molecule has 0 aliphatic heterocycles. The van der Waals surface area contributed by atoms with Crippen LogP contribution in [0.3, 0.4) is 0 Å². The van der Waals surface area contributed by atoms with Crippen LogP contribution in [0.2, 0.25) is 0 Å². The van der Waals surface area contributed by atoms with Gasteiger partial charge >= 0.3 is 0 Å². The van der Waals surface area contributed by atoms with Crippen LogP contribution in [0.1, 0.15) is 20.3 Å². The Kier molecular flexibility index (Phi) is 11.8. The summed E-state index contributed by atoms with van der Waals surface area (Å²) in [6, 6.07) is 9.66. The van der Waals surface area contributed by atoms with Gasteiger partial charge < -0.3 is 15.4 Å². The average molecular weight is 469 g/mol. The lowest BCUT2D eigenvalue weighted by Gasteiger charge is -2.20. The van der Waals surface area contributed by atoms with Crippen molar-refractivity contribution in [3.05, 3.63) is 30.3 Å². The van der Waals surface area contributed by atoms with Gasteiger partial charge in [-0.15, -0.1) is 24.0 Å². The highest BCUT2D eigenvalue weighted by molar-refractivity contribution is 14.0. The van der Waals surface area contributed by atoms with Gasteiger partial charge in [0.2, 0.25) is 0 Å². The van der Waals surface area contributed by atoms with Crippen molar-refractivity contribution in [3.8, 4) is 5.75 Å². The molecule has 138 valence electrons. The Bertz CT molecular complexity index is 579. The number of aliphatic imine (C=N–C) groups is 1. The first-order valence-electron chi connectivity index (χ1n) is 7.87. The van der Waals surface area contributed by atoms with Gasteiger partial charge in [0, 0.05) is 19.3 Å². The molecule has 0 spiro atoms. The second-order valence-corrected chi connectivity index (χ2v) is 7.55. The Morgan fingerprint density at radius 2 is 1.88 bits per heavy atom. The van der Waals surface area contributed by atoms with Crippen molar-refractivity contribution in [1.29, 1.82) is 0 Å². The second kappa shape index (κ2) is 12.3. The topological polar surface area (TPSA) is 79.8 Å². The first kappa shape index (κ1) is 23.0. The fourth-order valence-electron chi connectivity index (χ4n) is 1.86. The number of rotatable bonds is 9. The first-order chi connectivity index (χ1) is 11.0. The van der Waals surface area contributed by atoms with Crippen LogP contribution in [0, 0.1) is 0 Å². The van der Waals surface area contributed by atoms with Gasteiger partial charge in [-0.2, -0.15) is 0 Å². The summed E-state index contributed by atoms with van der Waals surface area (Å²) in [6.45, 7) is 4.63. The molecule has 1 unspecified atom stereocenters. The highest BCUT2D eigenvalue weighted by atomic mass is 127. The van der Waals surface area contributed by atoms with E-state index in [0.717, 1.165) is 12.2 Å². The van der Waals surface area contributed by atoms with Crippen LogP contribution in [0.25, 0.3) is 0 Å². The van der Waals surface area contributed by atoms with E-state index in [1.165, 1.54) is 0 Å². The lowest BCUT2D eigenvalue weighted by Crippen LogP contribution is -2.43. The second-order valence-electron chi connectivity index (χ2n) is 5.08. The lowest BCUT2D eigenvalue weighted by molar-refractivity contribution is 0.199. The van der Waals surface area contributed by atoms with Crippen molar-refractivity contribution in [1.82, 2.24) is 10.6 Å². The van der Waals surface area contributed by atoms with E-state index in [9.17, 15) is 8.42 Å². The number of ether oxygens (including phenoxy) is 1. The Morgan fingerprint density at radius 1 is 1.21 bits per heavy atom. The maximum Gasteiger partial charge on any atom is 0.191 e. The number of hydrogen-bond donors (Lipinski definition) is 2. The van der Waals surface area contributed by atoms with Crippen molar-refractivity contribution in [2.45, 2.75) is 26.4 Å². The number of nitrogens with zero attached hydrogens (tertiary/aromatic N) is 1. The molecule has 0 aromatic heterocycles. The molecule has 1 atom stereocenters. The predicted octanol–water partition coefficient (Wildman–Crippen LogP) is 2.06. The minimum Gasteiger partial charge on any atom is -0.489 e. The van der Waals surface area contributed by atoms with Gasteiger partial charge in [-0.3, -0.25) is 4.99 Å². The van der Waals surface area contributed by atoms with Crippen LogP contribution >= 0.6 is 24.0 Å². The molecule has 1 rings (SSSR count). The standard InChI is InChI=1S/C16H27N3O3S.HI/c1-4-14(22-15-9-7-6-8-10-15)13-19-16(17-3)18-11-12-23(20,21)5-2;/h6-10,14H,4-5,11-13H2,1-3H3,(H2,17,18,19);1H. The van der Waals surface area contributed by atoms with Gasteiger partial charge in [0.15, 0.2) is 15.8 Å². The highest BCUT2D eigenvalue weighted by Crippen LogP contribution is 2.11. The van der Waals surface area contributed by atoms with Crippen LogP contribution in [0.4, 0.5) is 0 Å². The molecule has 1 aromatic rings. The van der Waals surface area contributed by atoms with E-state index in [-0.39, 0.29) is 41.6 Å². The van der Waals surface area contributed by atoms with Crippen molar-refractivity contribution in [3.63, 3.8) is 0 Å². The number of nitrogens with one attached hydrogen (secondary N) is 2. The third kappa shape index (κ3) is 9.31. The fourth-order valence-corrected chi connectivity index (χ4v) is 2.56. The van der Waals surface area contributed by atoms with Crippen LogP contribution in [0.15, 0.2) is 35.3 Å². The largest absolute Gasteiger partial charge is 0.489 e. The predicted molar refractivity (Wildman–Crippen MR) is 110 cm³/mol. The minimum atomic E-state index is -2.97. The molecule has 0 fully saturated rings. The van der Waals surface area contributed by atoms with Crippen LogP contribution in [-0.4, -0.2) is 52.1 Å². The molecule has 2 N–H and O–H groups in total. The summed E-state index contributed by atoms with van der Waals surface area (Å²) in [6.07, 6.45) is 0.860. The Hall–Kier alpha value is -1.03. The molecule has 0 aliphatic rings. The lowest BCUT2D eigenvalue weighted by atomic mass is 10.2. The molecular formula is C16H28IN3O3S. The van der Waals surface area contributed by atoms with Gasteiger partial charge in [-0.1, -0.05) is 32.0 Å². The van der Waals surface area contributed by atoms with Gasteiger partial charge in [-0.05, 0) is 18.6 Å². The normalized spacial score (nSPS) is 12.9. The van der Waals surface area contributed by atoms with E-state index < -0.39 is 9.84 Å². The van der Waals surface area contributed by atoms with Gasteiger partial charge in [0.25, 0.3) is 0 Å². The monoisotopic (exact) mass is 469 g/mol. The number of guanidine groups is 1. The van der Waals surface area contributed by atoms with Crippen molar-refractivity contribution in [2.75, 3.05) is 31.6 Å². The molecule has 0 saturated carbocycles. The molecule has 24 heavy (non-hydrogen) atoms. The smallest absolute Gasteiger partial charge is 0.191 e. The van der Waals surface area contributed by atoms with Crippen molar-refractivity contribution < 1.29 is 13.2 Å². The Morgan fingerprint density at radius 3 is 2.42 bits per heavy atom. The van der Waals surface area contributed by atoms with E-state index in [1.54, 1.807) is 14.0 Å². The minimum absolute atomic E-state index is 0. The summed E-state index contributed by atoms with van der Waals surface area (Å²) >= 11 is 0. The first-order valence-corrected chi connectivity index (χ1v) is 9.69. The number of sulfone groups is 1. The fraction of sp³-hybridized carbons (Fsp3) is 0.562. The summed E-state index contributed by atoms with van der Waals surface area (Å²) in [5, 5.41) is 6.17. The number of hydrogen-bond acceptors (Lipinski definition) is 4. The van der Waals surface area contributed by atoms with E-state index >= 15 is 0 Å². The number of para-hydroxylation sites is 1. The van der Waals surface area contributed by atoms with E-state index in [4.69, 9.17) is 4.74 Å². The van der Waals surface area contributed by atoms with Crippen LogP contribution in [-0.2, 0) is 9.84 Å². The van der Waals surface area contributed by atoms with E-state index in [1.807, 2.05) is 30.3 Å². The molecule has 0 heterocycles. The third-order valence-electron chi connectivity index (χ3n) is 3.37. The average Bonchev–Trinajstić information content (AvgIpc) is 2.57. The summed E-state index contributed by atoms with van der Waals surface area (Å²) in [4.78, 5) is 4.09. The molecular weight excluding hydrogens is 441 g/mol. The molecule has 0 amide bonds. The van der Waals surface area contributed by atoms with Gasteiger partial charge in [-0.25, -0.2) is 8.42 Å². The molecule has 0 aliphatic carbocycles. The third-order valence-corrected chi connectivity index (χ3v) is 5.07. The van der Waals surface area contributed by atoms with Gasteiger partial charge in [0.1, 0.15) is 11.9 Å². The summed E-state index contributed by atoms with van der Waals surface area (Å²) in [5.74, 6) is 1.66. The highest BCUT2D eigenvalue weighted by Gasteiger charge is 2.10. The zero-order valence-electron chi connectivity index (χ0n) is 14.5. The molecule has 0 saturated heterocycles. The van der Waals surface area contributed by atoms with Gasteiger partial charge in [0.05, 0.1) is 12.3 Å². The Balaban J connectivity index is 0.00000529. The molecule has 0 bridgehead atoms. The quantitative estimate of drug-likeness (QED) is 0.329. The van der Waals surface area contributed by atoms with Crippen LogP contribution < -0.4 is 15.4 Å². The summed E-state index contributed by atoms with van der Waals surface area (Å²) in [5.41, 5.74) is 0. The van der Waals surface area contributed by atoms with E-state index in [0.29, 0.717) is 19.0 Å². The maximum atomic E-state index is 11.5. The molecule has 6 nitrogen and oxygen atoms in total. The van der Waals surface area contributed by atoms with Crippen LogP contribution in [0.5, 0.6) is 5.75 Å².